The Bertz CT molecular complexity index is 1030. The zero-order chi connectivity index (χ0) is 21.1. The molecular formula is C24H26N2O4. The van der Waals surface area contributed by atoms with E-state index in [0.29, 0.717) is 36.3 Å². The van der Waals surface area contributed by atoms with Gasteiger partial charge in [-0.25, -0.2) is 4.98 Å². The molecule has 1 N–H and O–H groups in total. The molecule has 0 saturated carbocycles. The molecule has 0 fully saturated rings. The number of benzene rings is 2. The molecule has 0 unspecified atom stereocenters. The number of amides is 1. The maximum Gasteiger partial charge on any atom is 0.274 e. The molecule has 1 aromatic heterocycles. The molecule has 1 aliphatic heterocycles. The number of aromatic nitrogens is 1. The first-order valence-electron chi connectivity index (χ1n) is 10.3. The van der Waals surface area contributed by atoms with Gasteiger partial charge in [0, 0.05) is 12.0 Å². The highest BCUT2D eigenvalue weighted by atomic mass is 16.5. The summed E-state index contributed by atoms with van der Waals surface area (Å²) < 4.78 is 17.3. The summed E-state index contributed by atoms with van der Waals surface area (Å²) in [7, 11) is 0. The smallest absolute Gasteiger partial charge is 0.274 e. The van der Waals surface area contributed by atoms with Crippen molar-refractivity contribution in [2.24, 2.45) is 5.92 Å². The van der Waals surface area contributed by atoms with Gasteiger partial charge in [0.15, 0.2) is 17.2 Å². The molecule has 0 saturated heterocycles. The van der Waals surface area contributed by atoms with Crippen molar-refractivity contribution in [3.8, 4) is 23.0 Å². The molecule has 30 heavy (non-hydrogen) atoms. The predicted octanol–water partition coefficient (Wildman–Crippen LogP) is 4.94. The summed E-state index contributed by atoms with van der Waals surface area (Å²) in [5.74, 6) is 2.30. The molecule has 2 heterocycles. The molecule has 156 valence electrons. The quantitative estimate of drug-likeness (QED) is 0.650. The van der Waals surface area contributed by atoms with Crippen LogP contribution in [-0.2, 0) is 0 Å². The number of nitrogens with zero attached hydrogens (tertiary/aromatic N) is 1. The van der Waals surface area contributed by atoms with Crippen molar-refractivity contribution in [3.05, 3.63) is 65.5 Å². The second-order valence-electron chi connectivity index (χ2n) is 7.74. The maximum atomic E-state index is 13.1. The van der Waals surface area contributed by atoms with Crippen molar-refractivity contribution in [2.45, 2.75) is 33.2 Å². The third-order valence-electron chi connectivity index (χ3n) is 5.12. The molecule has 2 aromatic carbocycles. The average Bonchev–Trinajstić information content (AvgIpc) is 2.99. The standard InChI is InChI=1S/C24H26N2O4/c1-15(2)21(18-10-11-19-20(14-18)29-13-7-12-28-19)25-23(27)22-16(3)30-24(26-22)17-8-5-4-6-9-17/h4-6,8-11,14-15,21H,7,12-13H2,1-3H3,(H,25,27)/t21-/m1/s1. The van der Waals surface area contributed by atoms with Crippen LogP contribution < -0.4 is 14.8 Å². The number of nitrogens with one attached hydrogen (secondary N) is 1. The fraction of sp³-hybridized carbons (Fsp3) is 0.333. The Morgan fingerprint density at radius 1 is 1.03 bits per heavy atom. The van der Waals surface area contributed by atoms with E-state index in [0.717, 1.165) is 23.3 Å². The van der Waals surface area contributed by atoms with E-state index in [2.05, 4.69) is 24.1 Å². The molecule has 3 aromatic rings. The Hall–Kier alpha value is -3.28. The van der Waals surface area contributed by atoms with Crippen molar-refractivity contribution in [3.63, 3.8) is 0 Å². The molecule has 0 spiro atoms. The van der Waals surface area contributed by atoms with Crippen molar-refractivity contribution in [2.75, 3.05) is 13.2 Å². The van der Waals surface area contributed by atoms with E-state index in [1.165, 1.54) is 0 Å². The van der Waals surface area contributed by atoms with Gasteiger partial charge in [-0.1, -0.05) is 38.1 Å². The molecule has 6 heteroatoms. The summed E-state index contributed by atoms with van der Waals surface area (Å²) in [5.41, 5.74) is 2.10. The first-order chi connectivity index (χ1) is 14.5. The van der Waals surface area contributed by atoms with Gasteiger partial charge in [-0.2, -0.15) is 0 Å². The van der Waals surface area contributed by atoms with Crippen molar-refractivity contribution in [1.82, 2.24) is 10.3 Å². The Kier molecular flexibility index (Phi) is 5.74. The summed E-state index contributed by atoms with van der Waals surface area (Å²) in [4.78, 5) is 17.5. The van der Waals surface area contributed by atoms with Crippen LogP contribution in [0.4, 0.5) is 0 Å². The van der Waals surface area contributed by atoms with Crippen LogP contribution in [0.15, 0.2) is 52.9 Å². The minimum absolute atomic E-state index is 0.166. The van der Waals surface area contributed by atoms with Crippen molar-refractivity contribution < 1.29 is 18.7 Å². The summed E-state index contributed by atoms with van der Waals surface area (Å²) in [6.45, 7) is 7.16. The lowest BCUT2D eigenvalue weighted by Crippen LogP contribution is -2.32. The van der Waals surface area contributed by atoms with E-state index in [1.807, 2.05) is 48.5 Å². The van der Waals surface area contributed by atoms with E-state index >= 15 is 0 Å². The van der Waals surface area contributed by atoms with Crippen LogP contribution in [0.25, 0.3) is 11.5 Å². The van der Waals surface area contributed by atoms with Gasteiger partial charge in [-0.3, -0.25) is 4.79 Å². The molecule has 0 aliphatic carbocycles. The number of carbonyl (C=O) groups excluding carboxylic acids is 1. The summed E-state index contributed by atoms with van der Waals surface area (Å²) in [6.07, 6.45) is 0.851. The van der Waals surface area contributed by atoms with E-state index in [9.17, 15) is 4.79 Å². The average molecular weight is 406 g/mol. The second kappa shape index (κ2) is 8.61. The second-order valence-corrected chi connectivity index (χ2v) is 7.74. The van der Waals surface area contributed by atoms with Gasteiger partial charge in [0.2, 0.25) is 5.89 Å². The molecule has 4 rings (SSSR count). The van der Waals surface area contributed by atoms with Gasteiger partial charge in [-0.15, -0.1) is 0 Å². The van der Waals surface area contributed by atoms with Crippen molar-refractivity contribution in [1.29, 1.82) is 0 Å². The van der Waals surface area contributed by atoms with Gasteiger partial charge in [-0.05, 0) is 42.7 Å². The number of rotatable bonds is 5. The van der Waals surface area contributed by atoms with E-state index in [-0.39, 0.29) is 17.9 Å². The zero-order valence-electron chi connectivity index (χ0n) is 17.5. The molecule has 1 atom stereocenters. The molecule has 1 amide bonds. The van der Waals surface area contributed by atoms with Crippen LogP contribution in [-0.4, -0.2) is 24.1 Å². The van der Waals surface area contributed by atoms with Crippen LogP contribution in [0.2, 0.25) is 0 Å². The lowest BCUT2D eigenvalue weighted by molar-refractivity contribution is 0.0919. The first kappa shape index (κ1) is 20.0. The Morgan fingerprint density at radius 2 is 1.77 bits per heavy atom. The molecule has 6 nitrogen and oxygen atoms in total. The highest BCUT2D eigenvalue weighted by molar-refractivity contribution is 5.94. The molecule has 1 aliphatic rings. The Balaban J connectivity index is 1.58. The monoisotopic (exact) mass is 406 g/mol. The highest BCUT2D eigenvalue weighted by Gasteiger charge is 2.25. The van der Waals surface area contributed by atoms with Gasteiger partial charge in [0.25, 0.3) is 5.91 Å². The van der Waals surface area contributed by atoms with E-state index < -0.39 is 0 Å². The fourth-order valence-corrected chi connectivity index (χ4v) is 3.53. The lowest BCUT2D eigenvalue weighted by atomic mass is 9.95. The molecule has 0 radical (unpaired) electrons. The highest BCUT2D eigenvalue weighted by Crippen LogP contribution is 2.34. The lowest BCUT2D eigenvalue weighted by Gasteiger charge is -2.23. The predicted molar refractivity (Wildman–Crippen MR) is 114 cm³/mol. The van der Waals surface area contributed by atoms with Crippen LogP contribution >= 0.6 is 0 Å². The SMILES string of the molecule is Cc1oc(-c2ccccc2)nc1C(=O)N[C@@H](c1ccc2c(c1)OCCCO2)C(C)C. The van der Waals surface area contributed by atoms with Gasteiger partial charge < -0.3 is 19.2 Å². The summed E-state index contributed by atoms with van der Waals surface area (Å²) in [6, 6.07) is 15.2. The number of aryl methyl sites for hydroxylation is 1. The van der Waals surface area contributed by atoms with Crippen molar-refractivity contribution >= 4 is 5.91 Å². The summed E-state index contributed by atoms with van der Waals surface area (Å²) >= 11 is 0. The zero-order valence-corrected chi connectivity index (χ0v) is 17.5. The van der Waals surface area contributed by atoms with Gasteiger partial charge in [0.1, 0.15) is 5.76 Å². The van der Waals surface area contributed by atoms with Crippen LogP contribution in [0.5, 0.6) is 11.5 Å². The largest absolute Gasteiger partial charge is 0.490 e. The summed E-state index contributed by atoms with van der Waals surface area (Å²) in [5, 5.41) is 3.12. The number of oxazole rings is 1. The number of ether oxygens (including phenoxy) is 2. The number of carbonyl (C=O) groups is 1. The third-order valence-corrected chi connectivity index (χ3v) is 5.12. The maximum absolute atomic E-state index is 13.1. The minimum atomic E-state index is -0.260. The van der Waals surface area contributed by atoms with E-state index in [1.54, 1.807) is 6.92 Å². The fourth-order valence-electron chi connectivity index (χ4n) is 3.53. The molecule has 0 bridgehead atoms. The van der Waals surface area contributed by atoms with Crippen LogP contribution in [0.1, 0.15) is 48.1 Å². The van der Waals surface area contributed by atoms with Gasteiger partial charge in [0.05, 0.1) is 19.3 Å². The Morgan fingerprint density at radius 3 is 2.50 bits per heavy atom. The van der Waals surface area contributed by atoms with Crippen LogP contribution in [0, 0.1) is 12.8 Å². The number of hydrogen-bond donors (Lipinski definition) is 1. The van der Waals surface area contributed by atoms with Gasteiger partial charge >= 0.3 is 0 Å². The topological polar surface area (TPSA) is 73.6 Å². The Labute approximate surface area is 176 Å². The van der Waals surface area contributed by atoms with Crippen LogP contribution in [0.3, 0.4) is 0 Å². The number of fused-ring (bicyclic) bond motifs is 1. The first-order valence-corrected chi connectivity index (χ1v) is 10.3. The molecular weight excluding hydrogens is 380 g/mol. The number of hydrogen-bond acceptors (Lipinski definition) is 5. The third kappa shape index (κ3) is 4.17. The minimum Gasteiger partial charge on any atom is -0.490 e. The normalized spacial score (nSPS) is 14.3. The van der Waals surface area contributed by atoms with E-state index in [4.69, 9.17) is 13.9 Å².